The molecule has 1 N–H and O–H groups in total. The summed E-state index contributed by atoms with van der Waals surface area (Å²) in [7, 11) is 0. The quantitative estimate of drug-likeness (QED) is 0.776. The van der Waals surface area contributed by atoms with Crippen LogP contribution in [-0.2, 0) is 6.54 Å². The molecule has 0 saturated carbocycles. The standard InChI is InChI=1S/C16H14N2O2/c1-2-18-15(11-6-4-3-5-7-11)17-14-9-8-12(19)10-13(14)16(18)20/h3-10,19H,2H2,1H3. The van der Waals surface area contributed by atoms with Crippen LogP contribution in [0.5, 0.6) is 5.75 Å². The van der Waals surface area contributed by atoms with Crippen LogP contribution in [0.1, 0.15) is 6.92 Å². The third kappa shape index (κ3) is 1.95. The van der Waals surface area contributed by atoms with Crippen molar-refractivity contribution in [2.45, 2.75) is 13.5 Å². The number of nitrogens with zero attached hydrogens (tertiary/aromatic N) is 2. The van der Waals surface area contributed by atoms with Crippen molar-refractivity contribution < 1.29 is 5.11 Å². The Morgan fingerprint density at radius 3 is 2.60 bits per heavy atom. The second-order valence-corrected chi connectivity index (χ2v) is 4.55. The molecule has 0 atom stereocenters. The average Bonchev–Trinajstić information content (AvgIpc) is 2.48. The molecule has 3 rings (SSSR count). The second kappa shape index (κ2) is 4.81. The Labute approximate surface area is 116 Å². The normalized spacial score (nSPS) is 10.8. The van der Waals surface area contributed by atoms with Gasteiger partial charge in [-0.05, 0) is 25.1 Å². The highest BCUT2D eigenvalue weighted by atomic mass is 16.3. The minimum atomic E-state index is -0.132. The first-order chi connectivity index (χ1) is 9.70. The molecule has 0 fully saturated rings. The lowest BCUT2D eigenvalue weighted by Crippen LogP contribution is -2.22. The van der Waals surface area contributed by atoms with Gasteiger partial charge in [0, 0.05) is 12.1 Å². The molecule has 0 aliphatic rings. The first kappa shape index (κ1) is 12.4. The van der Waals surface area contributed by atoms with Gasteiger partial charge in [0.15, 0.2) is 0 Å². The Morgan fingerprint density at radius 2 is 1.90 bits per heavy atom. The molecule has 100 valence electrons. The predicted molar refractivity (Wildman–Crippen MR) is 78.8 cm³/mol. The monoisotopic (exact) mass is 266 g/mol. The molecule has 4 nitrogen and oxygen atoms in total. The Hall–Kier alpha value is -2.62. The summed E-state index contributed by atoms with van der Waals surface area (Å²) >= 11 is 0. The average molecular weight is 266 g/mol. The highest BCUT2D eigenvalue weighted by Gasteiger charge is 2.11. The van der Waals surface area contributed by atoms with Gasteiger partial charge in [0.2, 0.25) is 0 Å². The number of aromatic hydroxyl groups is 1. The van der Waals surface area contributed by atoms with Gasteiger partial charge in [0.1, 0.15) is 11.6 Å². The molecule has 0 aliphatic heterocycles. The van der Waals surface area contributed by atoms with Crippen molar-refractivity contribution in [1.29, 1.82) is 0 Å². The van der Waals surface area contributed by atoms with Gasteiger partial charge in [-0.2, -0.15) is 0 Å². The number of phenolic OH excluding ortho intramolecular Hbond substituents is 1. The molecule has 1 heterocycles. The van der Waals surface area contributed by atoms with Crippen LogP contribution in [0.4, 0.5) is 0 Å². The summed E-state index contributed by atoms with van der Waals surface area (Å²) in [5.41, 5.74) is 1.37. The van der Waals surface area contributed by atoms with Crippen LogP contribution in [0.2, 0.25) is 0 Å². The van der Waals surface area contributed by atoms with Crippen LogP contribution in [0.25, 0.3) is 22.3 Å². The lowest BCUT2D eigenvalue weighted by molar-refractivity contribution is 0.476. The number of fused-ring (bicyclic) bond motifs is 1. The largest absolute Gasteiger partial charge is 0.508 e. The molecule has 3 aromatic rings. The van der Waals surface area contributed by atoms with Crippen molar-refractivity contribution in [2.75, 3.05) is 0 Å². The van der Waals surface area contributed by atoms with Crippen LogP contribution in [-0.4, -0.2) is 14.7 Å². The van der Waals surface area contributed by atoms with Gasteiger partial charge in [-0.3, -0.25) is 9.36 Å². The Morgan fingerprint density at radius 1 is 1.15 bits per heavy atom. The SMILES string of the molecule is CCn1c(-c2ccccc2)nc2ccc(O)cc2c1=O. The van der Waals surface area contributed by atoms with Crippen molar-refractivity contribution in [3.05, 3.63) is 58.9 Å². The number of phenols is 1. The highest BCUT2D eigenvalue weighted by Crippen LogP contribution is 2.20. The second-order valence-electron chi connectivity index (χ2n) is 4.55. The van der Waals surface area contributed by atoms with E-state index in [1.54, 1.807) is 16.7 Å². The fourth-order valence-electron chi connectivity index (χ4n) is 2.31. The van der Waals surface area contributed by atoms with Gasteiger partial charge in [-0.15, -0.1) is 0 Å². The zero-order valence-corrected chi connectivity index (χ0v) is 11.1. The van der Waals surface area contributed by atoms with Crippen LogP contribution >= 0.6 is 0 Å². The Bertz CT molecular complexity index is 823. The van der Waals surface area contributed by atoms with E-state index in [9.17, 15) is 9.90 Å². The van der Waals surface area contributed by atoms with E-state index in [0.29, 0.717) is 23.3 Å². The molecule has 0 unspecified atom stereocenters. The Balaban J connectivity index is 2.39. The fourth-order valence-corrected chi connectivity index (χ4v) is 2.31. The summed E-state index contributed by atoms with van der Waals surface area (Å²) in [6.07, 6.45) is 0. The summed E-state index contributed by atoms with van der Waals surface area (Å²) in [6, 6.07) is 14.3. The molecule has 0 amide bonds. The molecular weight excluding hydrogens is 252 g/mol. The Kier molecular flexibility index (Phi) is 2.99. The van der Waals surface area contributed by atoms with E-state index < -0.39 is 0 Å². The van der Waals surface area contributed by atoms with Gasteiger partial charge in [0.05, 0.1) is 10.9 Å². The number of benzene rings is 2. The minimum Gasteiger partial charge on any atom is -0.508 e. The first-order valence-corrected chi connectivity index (χ1v) is 6.49. The van der Waals surface area contributed by atoms with Crippen LogP contribution in [0, 0.1) is 0 Å². The third-order valence-electron chi connectivity index (χ3n) is 3.29. The van der Waals surface area contributed by atoms with Gasteiger partial charge >= 0.3 is 0 Å². The van der Waals surface area contributed by atoms with Gasteiger partial charge < -0.3 is 5.11 Å². The lowest BCUT2D eigenvalue weighted by Gasteiger charge is -2.11. The molecule has 0 aliphatic carbocycles. The lowest BCUT2D eigenvalue weighted by atomic mass is 10.1. The van der Waals surface area contributed by atoms with E-state index in [2.05, 4.69) is 4.98 Å². The molecule has 0 bridgehead atoms. The molecule has 0 spiro atoms. The summed E-state index contributed by atoms with van der Waals surface area (Å²) in [4.78, 5) is 17.1. The number of hydrogen-bond donors (Lipinski definition) is 1. The zero-order chi connectivity index (χ0) is 14.1. The molecule has 20 heavy (non-hydrogen) atoms. The molecule has 1 aromatic heterocycles. The summed E-state index contributed by atoms with van der Waals surface area (Å²) in [6.45, 7) is 2.44. The maximum absolute atomic E-state index is 12.5. The zero-order valence-electron chi connectivity index (χ0n) is 11.1. The number of hydrogen-bond acceptors (Lipinski definition) is 3. The van der Waals surface area contributed by atoms with Crippen LogP contribution in [0.15, 0.2) is 53.3 Å². The minimum absolute atomic E-state index is 0.0755. The first-order valence-electron chi connectivity index (χ1n) is 6.49. The number of aromatic nitrogens is 2. The maximum Gasteiger partial charge on any atom is 0.261 e. The molecule has 0 saturated heterocycles. The fraction of sp³-hybridized carbons (Fsp3) is 0.125. The maximum atomic E-state index is 12.5. The van der Waals surface area contributed by atoms with Gasteiger partial charge in [0.25, 0.3) is 5.56 Å². The highest BCUT2D eigenvalue weighted by molar-refractivity contribution is 5.81. The molecule has 2 aromatic carbocycles. The predicted octanol–water partition coefficient (Wildman–Crippen LogP) is 2.79. The van der Waals surface area contributed by atoms with Crippen molar-refractivity contribution in [2.24, 2.45) is 0 Å². The van der Waals surface area contributed by atoms with E-state index in [1.165, 1.54) is 6.07 Å². The van der Waals surface area contributed by atoms with Crippen molar-refractivity contribution in [3.63, 3.8) is 0 Å². The summed E-state index contributed by atoms with van der Waals surface area (Å²) in [5.74, 6) is 0.725. The molecular formula is C16H14N2O2. The smallest absolute Gasteiger partial charge is 0.261 e. The number of rotatable bonds is 2. The van der Waals surface area contributed by atoms with E-state index in [0.717, 1.165) is 5.56 Å². The molecule has 0 radical (unpaired) electrons. The van der Waals surface area contributed by atoms with E-state index in [-0.39, 0.29) is 11.3 Å². The van der Waals surface area contributed by atoms with E-state index >= 15 is 0 Å². The third-order valence-corrected chi connectivity index (χ3v) is 3.29. The van der Waals surface area contributed by atoms with Crippen LogP contribution < -0.4 is 5.56 Å². The van der Waals surface area contributed by atoms with Gasteiger partial charge in [-0.1, -0.05) is 30.3 Å². The topological polar surface area (TPSA) is 55.1 Å². The summed E-state index contributed by atoms with van der Waals surface area (Å²) < 4.78 is 1.62. The van der Waals surface area contributed by atoms with Crippen molar-refractivity contribution in [1.82, 2.24) is 9.55 Å². The van der Waals surface area contributed by atoms with Crippen molar-refractivity contribution in [3.8, 4) is 17.1 Å². The van der Waals surface area contributed by atoms with E-state index in [1.807, 2.05) is 37.3 Å². The van der Waals surface area contributed by atoms with Crippen molar-refractivity contribution >= 4 is 10.9 Å². The molecule has 4 heteroatoms. The summed E-state index contributed by atoms with van der Waals surface area (Å²) in [5, 5.41) is 9.97. The van der Waals surface area contributed by atoms with Crippen LogP contribution in [0.3, 0.4) is 0 Å². The van der Waals surface area contributed by atoms with E-state index in [4.69, 9.17) is 0 Å². The van der Waals surface area contributed by atoms with Gasteiger partial charge in [-0.25, -0.2) is 4.98 Å².